The molecule has 7 nitrogen and oxygen atoms in total. The second-order valence-corrected chi connectivity index (χ2v) is 7.46. The quantitative estimate of drug-likeness (QED) is 0.618. The number of aromatic amines is 1. The van der Waals surface area contributed by atoms with Crippen LogP contribution in [0.15, 0.2) is 36.8 Å². The number of aromatic nitrogens is 3. The Bertz CT molecular complexity index is 1060. The van der Waals surface area contributed by atoms with Gasteiger partial charge in [0.1, 0.15) is 0 Å². The maximum absolute atomic E-state index is 12.8. The van der Waals surface area contributed by atoms with Gasteiger partial charge in [-0.05, 0) is 18.2 Å². The molecule has 3 aromatic rings. The van der Waals surface area contributed by atoms with Crippen LogP contribution in [0.5, 0.6) is 0 Å². The molecule has 1 atom stereocenters. The summed E-state index contributed by atoms with van der Waals surface area (Å²) in [5.74, 6) is -1.58. The number of rotatable bonds is 5. The largest absolute Gasteiger partial charge is 0.451 e. The molecule has 0 unspecified atom stereocenters. The van der Waals surface area contributed by atoms with Gasteiger partial charge in [-0.3, -0.25) is 9.69 Å². The SMILES string of the molecule is O=C(NC[C@@H](c1cnc(C(F)(F)F)nc1)N1CCOCC1)c1ccc2[nH]ccc2c1Cl. The van der Waals surface area contributed by atoms with Crippen molar-refractivity contribution in [3.8, 4) is 0 Å². The molecule has 0 radical (unpaired) electrons. The molecule has 1 aliphatic heterocycles. The fourth-order valence-electron chi connectivity index (χ4n) is 3.56. The Labute approximate surface area is 180 Å². The molecule has 1 fully saturated rings. The highest BCUT2D eigenvalue weighted by molar-refractivity contribution is 6.38. The first-order valence-corrected chi connectivity index (χ1v) is 9.97. The molecular formula is C20H19ClF3N5O2. The minimum Gasteiger partial charge on any atom is -0.379 e. The number of carbonyl (C=O) groups is 1. The van der Waals surface area contributed by atoms with Crippen molar-refractivity contribution in [2.24, 2.45) is 0 Å². The number of fused-ring (bicyclic) bond motifs is 1. The first-order valence-electron chi connectivity index (χ1n) is 9.59. The lowest BCUT2D eigenvalue weighted by molar-refractivity contribution is -0.145. The van der Waals surface area contributed by atoms with Crippen molar-refractivity contribution in [2.75, 3.05) is 32.8 Å². The molecule has 0 bridgehead atoms. The molecule has 1 aromatic carbocycles. The lowest BCUT2D eigenvalue weighted by atomic mass is 10.1. The van der Waals surface area contributed by atoms with Gasteiger partial charge in [0, 0.05) is 54.7 Å². The first-order chi connectivity index (χ1) is 14.8. The summed E-state index contributed by atoms with van der Waals surface area (Å²) in [6, 6.07) is 4.76. The van der Waals surface area contributed by atoms with E-state index in [1.165, 1.54) is 0 Å². The van der Waals surface area contributed by atoms with Crippen LogP contribution < -0.4 is 5.32 Å². The van der Waals surface area contributed by atoms with Gasteiger partial charge in [-0.15, -0.1) is 0 Å². The number of hydrogen-bond donors (Lipinski definition) is 2. The number of benzene rings is 1. The molecule has 0 aliphatic carbocycles. The van der Waals surface area contributed by atoms with Gasteiger partial charge in [-0.2, -0.15) is 13.2 Å². The minimum atomic E-state index is -4.62. The number of H-pyrrole nitrogens is 1. The molecule has 31 heavy (non-hydrogen) atoms. The lowest BCUT2D eigenvalue weighted by Crippen LogP contribution is -2.44. The molecule has 1 saturated heterocycles. The summed E-state index contributed by atoms with van der Waals surface area (Å²) in [6.07, 6.45) is -0.575. The number of amides is 1. The van der Waals surface area contributed by atoms with Crippen LogP contribution in [-0.2, 0) is 10.9 Å². The third-order valence-corrected chi connectivity index (χ3v) is 5.57. The number of morpholine rings is 1. The standard InChI is InChI=1S/C20H19ClF3N5O2/c21-17-13-3-4-25-15(13)2-1-14(17)18(30)26-11-16(29-5-7-31-8-6-29)12-9-27-19(28-10-12)20(22,23)24/h1-4,9-10,16,25H,5-8,11H2,(H,26,30)/t16-/m0/s1. The van der Waals surface area contributed by atoms with E-state index >= 15 is 0 Å². The molecule has 2 aromatic heterocycles. The van der Waals surface area contributed by atoms with Crippen molar-refractivity contribution in [3.05, 3.63) is 58.8 Å². The molecule has 4 rings (SSSR count). The Kier molecular flexibility index (Phi) is 6.12. The van der Waals surface area contributed by atoms with Gasteiger partial charge in [-0.25, -0.2) is 9.97 Å². The summed E-state index contributed by atoms with van der Waals surface area (Å²) >= 11 is 6.38. The number of carbonyl (C=O) groups excluding carboxylic acids is 1. The topological polar surface area (TPSA) is 83.1 Å². The summed E-state index contributed by atoms with van der Waals surface area (Å²) in [4.78, 5) is 24.8. The van der Waals surface area contributed by atoms with E-state index < -0.39 is 18.0 Å². The van der Waals surface area contributed by atoms with Crippen molar-refractivity contribution in [2.45, 2.75) is 12.2 Å². The summed E-state index contributed by atoms with van der Waals surface area (Å²) < 4.78 is 43.8. The third kappa shape index (κ3) is 4.65. The van der Waals surface area contributed by atoms with E-state index in [1.54, 1.807) is 24.4 Å². The van der Waals surface area contributed by atoms with Crippen molar-refractivity contribution in [1.82, 2.24) is 25.2 Å². The number of halogens is 4. The van der Waals surface area contributed by atoms with Gasteiger partial charge < -0.3 is 15.0 Å². The average Bonchev–Trinajstić information content (AvgIpc) is 3.24. The second kappa shape index (κ2) is 8.81. The number of alkyl halides is 3. The zero-order valence-corrected chi connectivity index (χ0v) is 17.0. The summed E-state index contributed by atoms with van der Waals surface area (Å²) in [5, 5.41) is 3.91. The van der Waals surface area contributed by atoms with Crippen molar-refractivity contribution in [1.29, 1.82) is 0 Å². The molecule has 0 spiro atoms. The van der Waals surface area contributed by atoms with Crippen LogP contribution in [0.1, 0.15) is 27.8 Å². The normalized spacial score (nSPS) is 16.4. The Morgan fingerprint density at radius 3 is 2.61 bits per heavy atom. The van der Waals surface area contributed by atoms with Crippen molar-refractivity contribution >= 4 is 28.4 Å². The number of nitrogens with one attached hydrogen (secondary N) is 2. The molecule has 0 saturated carbocycles. The number of ether oxygens (including phenoxy) is 1. The minimum absolute atomic E-state index is 0.148. The van der Waals surface area contributed by atoms with Crippen LogP contribution in [0, 0.1) is 0 Å². The average molecular weight is 454 g/mol. The Hall–Kier alpha value is -2.69. The Morgan fingerprint density at radius 1 is 1.23 bits per heavy atom. The predicted octanol–water partition coefficient (Wildman–Crippen LogP) is 3.43. The lowest BCUT2D eigenvalue weighted by Gasteiger charge is -2.34. The third-order valence-electron chi connectivity index (χ3n) is 5.17. The van der Waals surface area contributed by atoms with E-state index in [2.05, 4.69) is 20.3 Å². The summed E-state index contributed by atoms with van der Waals surface area (Å²) in [5.41, 5.74) is 1.61. The van der Waals surface area contributed by atoms with Crippen LogP contribution in [0.4, 0.5) is 13.2 Å². The summed E-state index contributed by atoms with van der Waals surface area (Å²) in [7, 11) is 0. The number of hydrogen-bond acceptors (Lipinski definition) is 5. The van der Waals surface area contributed by atoms with Gasteiger partial charge in [0.05, 0.1) is 29.8 Å². The predicted molar refractivity (Wildman–Crippen MR) is 108 cm³/mol. The molecule has 1 amide bonds. The van der Waals surface area contributed by atoms with Gasteiger partial charge >= 0.3 is 6.18 Å². The van der Waals surface area contributed by atoms with E-state index in [9.17, 15) is 18.0 Å². The van der Waals surface area contributed by atoms with E-state index in [-0.39, 0.29) is 12.5 Å². The second-order valence-electron chi connectivity index (χ2n) is 7.08. The van der Waals surface area contributed by atoms with Crippen molar-refractivity contribution in [3.63, 3.8) is 0 Å². The van der Waals surface area contributed by atoms with E-state index in [4.69, 9.17) is 16.3 Å². The maximum atomic E-state index is 12.8. The number of nitrogens with zero attached hydrogens (tertiary/aromatic N) is 3. The van der Waals surface area contributed by atoms with Crippen LogP contribution in [-0.4, -0.2) is 58.6 Å². The fraction of sp³-hybridized carbons (Fsp3) is 0.350. The van der Waals surface area contributed by atoms with Crippen LogP contribution in [0.3, 0.4) is 0 Å². The maximum Gasteiger partial charge on any atom is 0.451 e. The van der Waals surface area contributed by atoms with Gasteiger partial charge in [0.2, 0.25) is 5.82 Å². The van der Waals surface area contributed by atoms with Gasteiger partial charge in [0.15, 0.2) is 0 Å². The van der Waals surface area contributed by atoms with Gasteiger partial charge in [-0.1, -0.05) is 11.6 Å². The first kappa shape index (κ1) is 21.5. The summed E-state index contributed by atoms with van der Waals surface area (Å²) in [6.45, 7) is 2.26. The Morgan fingerprint density at radius 2 is 1.94 bits per heavy atom. The van der Waals surface area contributed by atoms with E-state index in [0.717, 1.165) is 23.3 Å². The molecule has 1 aliphatic rings. The molecule has 3 heterocycles. The highest BCUT2D eigenvalue weighted by Gasteiger charge is 2.35. The monoisotopic (exact) mass is 453 g/mol. The highest BCUT2D eigenvalue weighted by Crippen LogP contribution is 2.28. The van der Waals surface area contributed by atoms with E-state index in [0.29, 0.717) is 42.5 Å². The fourth-order valence-corrected chi connectivity index (χ4v) is 3.87. The zero-order chi connectivity index (χ0) is 22.0. The highest BCUT2D eigenvalue weighted by atomic mass is 35.5. The zero-order valence-electron chi connectivity index (χ0n) is 16.2. The smallest absolute Gasteiger partial charge is 0.379 e. The molecule has 164 valence electrons. The van der Waals surface area contributed by atoms with Crippen LogP contribution in [0.25, 0.3) is 10.9 Å². The van der Waals surface area contributed by atoms with Crippen molar-refractivity contribution < 1.29 is 22.7 Å². The van der Waals surface area contributed by atoms with E-state index in [1.807, 2.05) is 4.90 Å². The molecule has 11 heteroatoms. The van der Waals surface area contributed by atoms with Crippen LogP contribution >= 0.6 is 11.6 Å². The Balaban J connectivity index is 1.54. The van der Waals surface area contributed by atoms with Gasteiger partial charge in [0.25, 0.3) is 5.91 Å². The molecule has 2 N–H and O–H groups in total. The van der Waals surface area contributed by atoms with Crippen LogP contribution in [0.2, 0.25) is 5.02 Å². The molecular weight excluding hydrogens is 435 g/mol.